The Morgan fingerprint density at radius 1 is 1.22 bits per heavy atom. The molecule has 0 aliphatic heterocycles. The summed E-state index contributed by atoms with van der Waals surface area (Å²) in [5.41, 5.74) is 6.24. The number of ketones is 1. The van der Waals surface area contributed by atoms with Crippen molar-refractivity contribution in [3.05, 3.63) is 47.5 Å². The number of carbonyl (C=O) groups excluding carboxylic acids is 2. The van der Waals surface area contributed by atoms with Gasteiger partial charge < -0.3 is 5.73 Å². The van der Waals surface area contributed by atoms with Gasteiger partial charge >= 0.3 is 0 Å². The number of hydrogen-bond donors (Lipinski definition) is 1. The summed E-state index contributed by atoms with van der Waals surface area (Å²) in [6.45, 7) is 5.16. The van der Waals surface area contributed by atoms with E-state index in [2.05, 4.69) is 0 Å². The number of amides is 1. The molecule has 3 heteroatoms. The topological polar surface area (TPSA) is 60.2 Å². The maximum atomic E-state index is 11.4. The molecule has 0 aliphatic carbocycles. The second kappa shape index (κ2) is 5.63. The zero-order valence-corrected chi connectivity index (χ0v) is 11.1. The molecule has 1 atom stereocenters. The van der Waals surface area contributed by atoms with Gasteiger partial charge in [-0.3, -0.25) is 9.59 Å². The molecule has 1 aromatic rings. The highest BCUT2D eigenvalue weighted by Crippen LogP contribution is 2.30. The second-order valence-corrected chi connectivity index (χ2v) is 4.85. The van der Waals surface area contributed by atoms with Gasteiger partial charge in [-0.25, -0.2) is 0 Å². The lowest BCUT2D eigenvalue weighted by atomic mass is 9.77. The number of primary amides is 1. The van der Waals surface area contributed by atoms with Gasteiger partial charge in [0.25, 0.3) is 0 Å². The Morgan fingerprint density at radius 2 is 1.78 bits per heavy atom. The molecular weight excluding hydrogens is 226 g/mol. The lowest BCUT2D eigenvalue weighted by Crippen LogP contribution is -2.25. The Morgan fingerprint density at radius 3 is 2.22 bits per heavy atom. The van der Waals surface area contributed by atoms with E-state index in [0.717, 1.165) is 5.56 Å². The summed E-state index contributed by atoms with van der Waals surface area (Å²) < 4.78 is 0. The molecule has 1 rings (SSSR count). The predicted octanol–water partition coefficient (Wildman–Crippen LogP) is 2.36. The standard InChI is InChI=1S/C15H19NO2/c1-11(14(16)18)9-15(3,10-12(2)17)13-7-5-4-6-8-13/h4-9H,10H2,1-3H3,(H2,16,18). The Balaban J connectivity index is 3.23. The van der Waals surface area contributed by atoms with E-state index >= 15 is 0 Å². The Labute approximate surface area is 108 Å². The van der Waals surface area contributed by atoms with Crippen molar-refractivity contribution in [2.45, 2.75) is 32.6 Å². The van der Waals surface area contributed by atoms with Crippen molar-refractivity contribution in [3.63, 3.8) is 0 Å². The molecule has 0 radical (unpaired) electrons. The molecule has 0 aromatic heterocycles. The van der Waals surface area contributed by atoms with E-state index in [9.17, 15) is 9.59 Å². The highest BCUT2D eigenvalue weighted by Gasteiger charge is 2.26. The first kappa shape index (κ1) is 14.2. The van der Waals surface area contributed by atoms with Crippen molar-refractivity contribution in [1.82, 2.24) is 0 Å². The average Bonchev–Trinajstić information content (AvgIpc) is 2.28. The van der Waals surface area contributed by atoms with E-state index in [1.165, 1.54) is 0 Å². The molecule has 0 saturated carbocycles. The molecule has 1 amide bonds. The van der Waals surface area contributed by atoms with Crippen LogP contribution in [-0.2, 0) is 15.0 Å². The number of benzene rings is 1. The van der Waals surface area contributed by atoms with Crippen LogP contribution < -0.4 is 5.73 Å². The zero-order chi connectivity index (χ0) is 13.8. The first-order valence-electron chi connectivity index (χ1n) is 5.89. The number of Topliss-reactive ketones (excluding diaryl/α,β-unsaturated/α-hetero) is 1. The Bertz CT molecular complexity index is 477. The van der Waals surface area contributed by atoms with E-state index in [-0.39, 0.29) is 5.78 Å². The minimum absolute atomic E-state index is 0.0786. The van der Waals surface area contributed by atoms with Crippen molar-refractivity contribution in [2.75, 3.05) is 0 Å². The summed E-state index contributed by atoms with van der Waals surface area (Å²) in [5.74, 6) is -0.379. The number of hydrogen-bond acceptors (Lipinski definition) is 2. The van der Waals surface area contributed by atoms with Crippen LogP contribution in [0.15, 0.2) is 42.0 Å². The van der Waals surface area contributed by atoms with Crippen molar-refractivity contribution < 1.29 is 9.59 Å². The maximum Gasteiger partial charge on any atom is 0.244 e. The van der Waals surface area contributed by atoms with E-state index in [1.807, 2.05) is 37.3 Å². The predicted molar refractivity (Wildman–Crippen MR) is 72.0 cm³/mol. The molecule has 18 heavy (non-hydrogen) atoms. The summed E-state index contributed by atoms with van der Waals surface area (Å²) in [7, 11) is 0. The molecule has 2 N–H and O–H groups in total. The molecule has 3 nitrogen and oxygen atoms in total. The smallest absolute Gasteiger partial charge is 0.244 e. The van der Waals surface area contributed by atoms with Gasteiger partial charge in [0, 0.05) is 17.4 Å². The molecule has 0 aliphatic rings. The molecule has 0 heterocycles. The number of carbonyl (C=O) groups is 2. The molecule has 1 unspecified atom stereocenters. The van der Waals surface area contributed by atoms with Gasteiger partial charge in [-0.15, -0.1) is 0 Å². The lowest BCUT2D eigenvalue weighted by molar-refractivity contribution is -0.118. The molecule has 0 bridgehead atoms. The van der Waals surface area contributed by atoms with Crippen LogP contribution in [0.2, 0.25) is 0 Å². The maximum absolute atomic E-state index is 11.4. The van der Waals surface area contributed by atoms with Crippen LogP contribution in [0.3, 0.4) is 0 Å². The summed E-state index contributed by atoms with van der Waals surface area (Å²) in [5, 5.41) is 0. The largest absolute Gasteiger partial charge is 0.366 e. The summed E-state index contributed by atoms with van der Waals surface area (Å²) >= 11 is 0. The first-order valence-corrected chi connectivity index (χ1v) is 5.89. The third-order valence-corrected chi connectivity index (χ3v) is 2.97. The van der Waals surface area contributed by atoms with Crippen LogP contribution in [0.1, 0.15) is 32.8 Å². The van der Waals surface area contributed by atoms with Crippen LogP contribution >= 0.6 is 0 Å². The van der Waals surface area contributed by atoms with E-state index in [1.54, 1.807) is 19.9 Å². The van der Waals surface area contributed by atoms with E-state index in [0.29, 0.717) is 12.0 Å². The Kier molecular flexibility index (Phi) is 4.43. The fourth-order valence-electron chi connectivity index (χ4n) is 2.12. The van der Waals surface area contributed by atoms with E-state index < -0.39 is 11.3 Å². The minimum Gasteiger partial charge on any atom is -0.366 e. The first-order chi connectivity index (χ1) is 8.35. The number of allylic oxidation sites excluding steroid dienone is 1. The SMILES string of the molecule is CC(=O)CC(C)(C=C(C)C(N)=O)c1ccccc1. The van der Waals surface area contributed by atoms with Gasteiger partial charge in [0.1, 0.15) is 5.78 Å². The van der Waals surface area contributed by atoms with Crippen molar-refractivity contribution >= 4 is 11.7 Å². The van der Waals surface area contributed by atoms with Crippen molar-refractivity contribution in [2.24, 2.45) is 5.73 Å². The number of nitrogens with two attached hydrogens (primary N) is 1. The highest BCUT2D eigenvalue weighted by molar-refractivity contribution is 5.91. The van der Waals surface area contributed by atoms with Crippen LogP contribution in [0.25, 0.3) is 0 Å². The van der Waals surface area contributed by atoms with Crippen molar-refractivity contribution in [1.29, 1.82) is 0 Å². The zero-order valence-electron chi connectivity index (χ0n) is 11.1. The quantitative estimate of drug-likeness (QED) is 0.809. The fraction of sp³-hybridized carbons (Fsp3) is 0.333. The molecule has 0 saturated heterocycles. The van der Waals surface area contributed by atoms with Gasteiger partial charge in [-0.05, 0) is 19.4 Å². The fourth-order valence-corrected chi connectivity index (χ4v) is 2.12. The van der Waals surface area contributed by atoms with Crippen LogP contribution in [0, 0.1) is 0 Å². The monoisotopic (exact) mass is 245 g/mol. The summed E-state index contributed by atoms with van der Waals surface area (Å²) in [6.07, 6.45) is 2.13. The van der Waals surface area contributed by atoms with Crippen LogP contribution in [0.5, 0.6) is 0 Å². The lowest BCUT2D eigenvalue weighted by Gasteiger charge is -2.26. The molecule has 1 aromatic carbocycles. The van der Waals surface area contributed by atoms with Gasteiger partial charge in [0.2, 0.25) is 5.91 Å². The van der Waals surface area contributed by atoms with Crippen LogP contribution in [-0.4, -0.2) is 11.7 Å². The van der Waals surface area contributed by atoms with Crippen molar-refractivity contribution in [3.8, 4) is 0 Å². The molecular formula is C15H19NO2. The van der Waals surface area contributed by atoms with Gasteiger partial charge in [0.05, 0.1) is 0 Å². The molecule has 96 valence electrons. The summed E-state index contributed by atoms with van der Waals surface area (Å²) in [4.78, 5) is 22.6. The highest BCUT2D eigenvalue weighted by atomic mass is 16.1. The summed E-state index contributed by atoms with van der Waals surface area (Å²) in [6, 6.07) is 9.66. The average molecular weight is 245 g/mol. The number of rotatable bonds is 5. The van der Waals surface area contributed by atoms with Gasteiger partial charge in [-0.1, -0.05) is 43.3 Å². The van der Waals surface area contributed by atoms with Gasteiger partial charge in [-0.2, -0.15) is 0 Å². The normalized spacial score (nSPS) is 14.9. The van der Waals surface area contributed by atoms with E-state index in [4.69, 9.17) is 5.73 Å². The second-order valence-electron chi connectivity index (χ2n) is 4.85. The Hall–Kier alpha value is -1.90. The minimum atomic E-state index is -0.494. The molecule has 0 fully saturated rings. The van der Waals surface area contributed by atoms with Crippen LogP contribution in [0.4, 0.5) is 0 Å². The molecule has 0 spiro atoms. The third-order valence-electron chi connectivity index (χ3n) is 2.97. The third kappa shape index (κ3) is 3.55. The van der Waals surface area contributed by atoms with Gasteiger partial charge in [0.15, 0.2) is 0 Å².